The molecular formula is C8H11F3O5. The van der Waals surface area contributed by atoms with E-state index in [2.05, 4.69) is 4.74 Å². The Hall–Kier alpha value is -1.60. The van der Waals surface area contributed by atoms with Gasteiger partial charge in [-0.15, -0.1) is 0 Å². The first-order valence-electron chi connectivity index (χ1n) is 4.06. The molecule has 0 heterocycles. The van der Waals surface area contributed by atoms with E-state index in [9.17, 15) is 22.8 Å². The number of carboxylic acid groups (broad SMARTS) is 1. The van der Waals surface area contributed by atoms with Gasteiger partial charge in [-0.2, -0.15) is 13.2 Å². The van der Waals surface area contributed by atoms with Crippen LogP contribution in [0.15, 0.2) is 0 Å². The fourth-order valence-electron chi connectivity index (χ4n) is 0.415. The third-order valence-corrected chi connectivity index (χ3v) is 0.941. The van der Waals surface area contributed by atoms with Gasteiger partial charge in [0.15, 0.2) is 0 Å². The van der Waals surface area contributed by atoms with Crippen molar-refractivity contribution in [1.29, 1.82) is 0 Å². The number of halogens is 3. The van der Waals surface area contributed by atoms with Gasteiger partial charge in [0.1, 0.15) is 12.2 Å². The molecule has 0 amide bonds. The minimum absolute atomic E-state index is 0.103. The summed E-state index contributed by atoms with van der Waals surface area (Å²) in [6.07, 6.45) is -5.19. The normalized spacial score (nSPS) is 9.81. The lowest BCUT2D eigenvalue weighted by Gasteiger charge is -1.96. The maximum atomic E-state index is 10.6. The van der Waals surface area contributed by atoms with Crippen molar-refractivity contribution >= 4 is 17.7 Å². The summed E-state index contributed by atoms with van der Waals surface area (Å²) in [5, 5.41) is 7.12. The molecule has 0 unspecified atom stereocenters. The van der Waals surface area contributed by atoms with E-state index >= 15 is 0 Å². The fraction of sp³-hybridized carbons (Fsp3) is 0.625. The number of ketones is 1. The average Bonchev–Trinajstić information content (AvgIpc) is 2.01. The highest BCUT2D eigenvalue weighted by Gasteiger charge is 2.38. The lowest BCUT2D eigenvalue weighted by molar-refractivity contribution is -0.192. The van der Waals surface area contributed by atoms with Gasteiger partial charge in [-0.3, -0.25) is 9.59 Å². The number of carbonyl (C=O) groups excluding carboxylic acids is 2. The molecule has 0 saturated carbocycles. The maximum absolute atomic E-state index is 10.6. The summed E-state index contributed by atoms with van der Waals surface area (Å²) < 4.78 is 36.2. The van der Waals surface area contributed by atoms with Crippen LogP contribution in [0.2, 0.25) is 0 Å². The molecule has 0 aliphatic heterocycles. The second-order valence-electron chi connectivity index (χ2n) is 2.49. The number of hydrogen-bond acceptors (Lipinski definition) is 4. The monoisotopic (exact) mass is 244 g/mol. The predicted molar refractivity (Wildman–Crippen MR) is 45.6 cm³/mol. The first kappa shape index (κ1) is 16.8. The second kappa shape index (κ2) is 7.66. The van der Waals surface area contributed by atoms with E-state index in [0.29, 0.717) is 6.61 Å². The van der Waals surface area contributed by atoms with Gasteiger partial charge < -0.3 is 9.84 Å². The summed E-state index contributed by atoms with van der Waals surface area (Å²) in [6.45, 7) is 3.40. The maximum Gasteiger partial charge on any atom is 0.490 e. The molecular weight excluding hydrogens is 233 g/mol. The molecule has 5 nitrogen and oxygen atoms in total. The molecule has 0 aromatic rings. The van der Waals surface area contributed by atoms with Gasteiger partial charge >= 0.3 is 18.1 Å². The van der Waals surface area contributed by atoms with Crippen molar-refractivity contribution in [2.45, 2.75) is 26.4 Å². The number of carbonyl (C=O) groups is 3. The minimum Gasteiger partial charge on any atom is -0.475 e. The van der Waals surface area contributed by atoms with Crippen molar-refractivity contribution in [3.8, 4) is 0 Å². The standard InChI is InChI=1S/C6H10O3.C2HF3O2/c1-3-9-6(8)4-5(2)7;3-2(4,5)1(6)7/h3-4H2,1-2H3;(H,6,7). The van der Waals surface area contributed by atoms with Gasteiger partial charge in [-0.1, -0.05) is 0 Å². The Kier molecular flexibility index (Phi) is 8.05. The van der Waals surface area contributed by atoms with Crippen LogP contribution in [0.3, 0.4) is 0 Å². The molecule has 0 spiro atoms. The zero-order valence-electron chi connectivity index (χ0n) is 8.63. The van der Waals surface area contributed by atoms with Crippen LogP contribution in [-0.2, 0) is 19.1 Å². The first-order chi connectivity index (χ1) is 7.11. The number of rotatable bonds is 3. The molecule has 0 saturated heterocycles. The van der Waals surface area contributed by atoms with Crippen molar-refractivity contribution in [2.24, 2.45) is 0 Å². The Bertz CT molecular complexity index is 259. The SMILES string of the molecule is CCOC(=O)CC(C)=O.O=C(O)C(F)(F)F. The van der Waals surface area contributed by atoms with E-state index in [4.69, 9.17) is 9.90 Å². The van der Waals surface area contributed by atoms with Gasteiger partial charge in [0.05, 0.1) is 6.61 Å². The zero-order valence-corrected chi connectivity index (χ0v) is 8.63. The van der Waals surface area contributed by atoms with Gasteiger partial charge in [-0.25, -0.2) is 4.79 Å². The van der Waals surface area contributed by atoms with Gasteiger partial charge in [-0.05, 0) is 13.8 Å². The predicted octanol–water partition coefficient (Wildman–Crippen LogP) is 1.16. The van der Waals surface area contributed by atoms with Gasteiger partial charge in [0.2, 0.25) is 0 Å². The number of aliphatic carboxylic acids is 1. The zero-order chi connectivity index (χ0) is 13.4. The smallest absolute Gasteiger partial charge is 0.475 e. The van der Waals surface area contributed by atoms with Crippen LogP contribution < -0.4 is 0 Å². The average molecular weight is 244 g/mol. The number of esters is 1. The first-order valence-corrected chi connectivity index (χ1v) is 4.06. The second-order valence-corrected chi connectivity index (χ2v) is 2.49. The number of Topliss-reactive ketones (excluding diaryl/α,β-unsaturated/α-hetero) is 1. The van der Waals surface area contributed by atoms with Gasteiger partial charge in [0, 0.05) is 0 Å². The number of hydrogen-bond donors (Lipinski definition) is 1. The van der Waals surface area contributed by atoms with E-state index in [1.165, 1.54) is 6.92 Å². The van der Waals surface area contributed by atoms with Crippen LogP contribution in [0.5, 0.6) is 0 Å². The lowest BCUT2D eigenvalue weighted by atomic mass is 10.3. The molecule has 0 atom stereocenters. The Morgan fingerprint density at radius 1 is 1.25 bits per heavy atom. The Labute approximate surface area is 89.2 Å². The highest BCUT2D eigenvalue weighted by atomic mass is 19.4. The van der Waals surface area contributed by atoms with Crippen LogP contribution in [0.1, 0.15) is 20.3 Å². The van der Waals surface area contributed by atoms with Crippen LogP contribution in [0.25, 0.3) is 0 Å². The Morgan fingerprint density at radius 3 is 1.81 bits per heavy atom. The van der Waals surface area contributed by atoms with E-state index in [1.54, 1.807) is 6.92 Å². The molecule has 0 fully saturated rings. The summed E-state index contributed by atoms with van der Waals surface area (Å²) >= 11 is 0. The summed E-state index contributed by atoms with van der Waals surface area (Å²) in [5.41, 5.74) is 0. The third kappa shape index (κ3) is 12.4. The lowest BCUT2D eigenvalue weighted by Crippen LogP contribution is -2.21. The minimum atomic E-state index is -5.08. The molecule has 0 aromatic heterocycles. The third-order valence-electron chi connectivity index (χ3n) is 0.941. The molecule has 0 aliphatic rings. The quantitative estimate of drug-likeness (QED) is 0.595. The van der Waals surface area contributed by atoms with E-state index < -0.39 is 18.1 Å². The molecule has 0 rings (SSSR count). The molecule has 0 aromatic carbocycles. The number of carboxylic acids is 1. The van der Waals surface area contributed by atoms with Crippen molar-refractivity contribution in [3.63, 3.8) is 0 Å². The van der Waals surface area contributed by atoms with Crippen LogP contribution in [0.4, 0.5) is 13.2 Å². The molecule has 94 valence electrons. The van der Waals surface area contributed by atoms with Crippen LogP contribution in [-0.4, -0.2) is 35.6 Å². The molecule has 0 radical (unpaired) electrons. The largest absolute Gasteiger partial charge is 0.490 e. The van der Waals surface area contributed by atoms with Crippen LogP contribution in [0, 0.1) is 0 Å². The highest BCUT2D eigenvalue weighted by Crippen LogP contribution is 2.13. The van der Waals surface area contributed by atoms with Crippen molar-refractivity contribution in [2.75, 3.05) is 6.61 Å². The van der Waals surface area contributed by atoms with Crippen molar-refractivity contribution in [1.82, 2.24) is 0 Å². The molecule has 0 bridgehead atoms. The van der Waals surface area contributed by atoms with Crippen molar-refractivity contribution < 1.29 is 37.4 Å². The topological polar surface area (TPSA) is 80.7 Å². The molecule has 8 heteroatoms. The van der Waals surface area contributed by atoms with E-state index in [0.717, 1.165) is 0 Å². The molecule has 1 N–H and O–H groups in total. The fourth-order valence-corrected chi connectivity index (χ4v) is 0.415. The summed E-state index contributed by atoms with van der Waals surface area (Å²) in [4.78, 5) is 29.5. The number of alkyl halides is 3. The number of ether oxygens (including phenoxy) is 1. The molecule has 0 aliphatic carbocycles. The Morgan fingerprint density at radius 2 is 1.62 bits per heavy atom. The van der Waals surface area contributed by atoms with Crippen LogP contribution >= 0.6 is 0 Å². The summed E-state index contributed by atoms with van der Waals surface area (Å²) in [5.74, 6) is -3.36. The highest BCUT2D eigenvalue weighted by molar-refractivity contribution is 5.94. The summed E-state index contributed by atoms with van der Waals surface area (Å²) in [7, 11) is 0. The summed E-state index contributed by atoms with van der Waals surface area (Å²) in [6, 6.07) is 0. The van der Waals surface area contributed by atoms with E-state index in [-0.39, 0.29) is 12.2 Å². The van der Waals surface area contributed by atoms with Crippen molar-refractivity contribution in [3.05, 3.63) is 0 Å². The molecule has 16 heavy (non-hydrogen) atoms. The van der Waals surface area contributed by atoms with Gasteiger partial charge in [0.25, 0.3) is 0 Å². The van der Waals surface area contributed by atoms with E-state index in [1.807, 2.05) is 0 Å². The Balaban J connectivity index is 0.